The average molecular weight is 547 g/mol. The van der Waals surface area contributed by atoms with Crippen LogP contribution in [0.3, 0.4) is 0 Å². The second-order valence-corrected chi connectivity index (χ2v) is 10.6. The van der Waals surface area contributed by atoms with Crippen molar-refractivity contribution in [2.45, 2.75) is 18.7 Å². The summed E-state index contributed by atoms with van der Waals surface area (Å²) in [6, 6.07) is 49.4. The Kier molecular flexibility index (Phi) is 6.65. The number of hydrogen-bond donors (Lipinski definition) is 1. The van der Waals surface area contributed by atoms with Gasteiger partial charge in [0.05, 0.1) is 5.69 Å². The third kappa shape index (κ3) is 4.38. The van der Waals surface area contributed by atoms with Crippen molar-refractivity contribution in [3.8, 4) is 11.1 Å². The fourth-order valence-electron chi connectivity index (χ4n) is 6.19. The Morgan fingerprint density at radius 3 is 1.79 bits per heavy atom. The summed E-state index contributed by atoms with van der Waals surface area (Å²) < 4.78 is 8.08. The first-order valence-electron chi connectivity index (χ1n) is 14.2. The van der Waals surface area contributed by atoms with E-state index < -0.39 is 5.54 Å². The van der Waals surface area contributed by atoms with E-state index in [0.29, 0.717) is 12.2 Å². The molecule has 1 aliphatic carbocycles. The summed E-state index contributed by atoms with van der Waals surface area (Å²) in [6.45, 7) is 0.831. The van der Waals surface area contributed by atoms with E-state index in [2.05, 4.69) is 101 Å². The van der Waals surface area contributed by atoms with E-state index in [1.165, 1.54) is 0 Å². The zero-order valence-corrected chi connectivity index (χ0v) is 23.1. The van der Waals surface area contributed by atoms with Crippen molar-refractivity contribution >= 4 is 11.7 Å². The zero-order valence-electron chi connectivity index (χ0n) is 23.1. The lowest BCUT2D eigenvalue weighted by atomic mass is 9.80. The minimum atomic E-state index is -0.776. The molecule has 0 radical (unpaired) electrons. The Labute approximate surface area is 245 Å². The van der Waals surface area contributed by atoms with Crippen LogP contribution >= 0.6 is 0 Å². The SMILES string of the molecule is O=C(OCc1ccccc1)c1cc(NCc2ccccc2)cn1C1(c2ccccc2)c2ccccc2-c2ccccc21. The molecule has 4 nitrogen and oxygen atoms in total. The van der Waals surface area contributed by atoms with Gasteiger partial charge in [0.15, 0.2) is 0 Å². The zero-order chi connectivity index (χ0) is 28.4. The van der Waals surface area contributed by atoms with Crippen molar-refractivity contribution in [3.63, 3.8) is 0 Å². The maximum Gasteiger partial charge on any atom is 0.355 e. The quantitative estimate of drug-likeness (QED) is 0.195. The molecule has 0 saturated heterocycles. The van der Waals surface area contributed by atoms with Crippen molar-refractivity contribution in [1.29, 1.82) is 0 Å². The molecule has 6 aromatic rings. The second-order valence-electron chi connectivity index (χ2n) is 10.6. The van der Waals surface area contributed by atoms with Gasteiger partial charge in [-0.3, -0.25) is 0 Å². The van der Waals surface area contributed by atoms with Gasteiger partial charge in [0, 0.05) is 12.7 Å². The Balaban J connectivity index is 1.41. The first kappa shape index (κ1) is 25.6. The molecular formula is C38H30N2O2. The van der Waals surface area contributed by atoms with E-state index in [9.17, 15) is 4.79 Å². The summed E-state index contributed by atoms with van der Waals surface area (Å²) in [6.07, 6.45) is 2.06. The molecular weight excluding hydrogens is 516 g/mol. The maximum atomic E-state index is 14.0. The lowest BCUT2D eigenvalue weighted by Gasteiger charge is -2.36. The highest BCUT2D eigenvalue weighted by Crippen LogP contribution is 2.54. The summed E-state index contributed by atoms with van der Waals surface area (Å²) in [7, 11) is 0. The monoisotopic (exact) mass is 546 g/mol. The molecule has 204 valence electrons. The number of rotatable bonds is 8. The number of carbonyl (C=O) groups is 1. The average Bonchev–Trinajstić information content (AvgIpc) is 3.62. The molecule has 5 aromatic carbocycles. The lowest BCUT2D eigenvalue weighted by Crippen LogP contribution is -2.37. The van der Waals surface area contributed by atoms with E-state index in [1.807, 2.05) is 60.7 Å². The topological polar surface area (TPSA) is 43.3 Å². The minimum Gasteiger partial charge on any atom is -0.456 e. The molecule has 1 aromatic heterocycles. The highest BCUT2D eigenvalue weighted by atomic mass is 16.5. The first-order valence-corrected chi connectivity index (χ1v) is 14.2. The van der Waals surface area contributed by atoms with E-state index in [4.69, 9.17) is 4.74 Å². The third-order valence-electron chi connectivity index (χ3n) is 8.06. The summed E-state index contributed by atoms with van der Waals surface area (Å²) >= 11 is 0. The molecule has 0 amide bonds. The Morgan fingerprint density at radius 2 is 1.17 bits per heavy atom. The molecule has 0 unspecified atom stereocenters. The number of anilines is 1. The highest BCUT2D eigenvalue weighted by molar-refractivity contribution is 5.91. The van der Waals surface area contributed by atoms with E-state index in [1.54, 1.807) is 0 Å². The summed E-state index contributed by atoms with van der Waals surface area (Å²) in [5, 5.41) is 3.56. The number of aromatic nitrogens is 1. The molecule has 0 bridgehead atoms. The van der Waals surface area contributed by atoms with Crippen LogP contribution in [0, 0.1) is 0 Å². The molecule has 7 rings (SSSR count). The van der Waals surface area contributed by atoms with Gasteiger partial charge in [0.1, 0.15) is 17.8 Å². The van der Waals surface area contributed by atoms with Crippen LogP contribution in [0.2, 0.25) is 0 Å². The van der Waals surface area contributed by atoms with Gasteiger partial charge in [-0.05, 0) is 45.0 Å². The first-order chi connectivity index (χ1) is 20.7. The molecule has 42 heavy (non-hydrogen) atoms. The van der Waals surface area contributed by atoms with Gasteiger partial charge >= 0.3 is 5.97 Å². The number of carbonyl (C=O) groups excluding carboxylic acids is 1. The molecule has 4 heteroatoms. The predicted octanol–water partition coefficient (Wildman–Crippen LogP) is 8.28. The van der Waals surface area contributed by atoms with Crippen LogP contribution in [0.4, 0.5) is 5.69 Å². The highest BCUT2D eigenvalue weighted by Gasteiger charge is 2.47. The molecule has 0 spiro atoms. The van der Waals surface area contributed by atoms with Gasteiger partial charge in [-0.1, -0.05) is 140 Å². The van der Waals surface area contributed by atoms with Crippen LogP contribution in [-0.4, -0.2) is 10.5 Å². The number of benzene rings is 5. The van der Waals surface area contributed by atoms with Crippen LogP contribution in [0.1, 0.15) is 38.3 Å². The van der Waals surface area contributed by atoms with Gasteiger partial charge in [-0.15, -0.1) is 0 Å². The van der Waals surface area contributed by atoms with Gasteiger partial charge in [0.2, 0.25) is 0 Å². The number of fused-ring (bicyclic) bond motifs is 3. The van der Waals surface area contributed by atoms with Crippen molar-refractivity contribution < 1.29 is 9.53 Å². The van der Waals surface area contributed by atoms with Gasteiger partial charge in [-0.25, -0.2) is 4.79 Å². The van der Waals surface area contributed by atoms with Gasteiger partial charge < -0.3 is 14.6 Å². The Morgan fingerprint density at radius 1 is 0.643 bits per heavy atom. The molecule has 1 N–H and O–H groups in total. The van der Waals surface area contributed by atoms with Crippen LogP contribution < -0.4 is 5.32 Å². The standard InChI is InChI=1S/C38H30N2O2/c41-37(42-27-29-16-6-2-7-17-29)36-24-31(39-25-28-14-4-1-5-15-28)26-40(36)38(30-18-8-3-9-19-30)34-22-12-10-20-32(34)33-21-11-13-23-35(33)38/h1-24,26,39H,25,27H2. The normalized spacial score (nSPS) is 12.8. The predicted molar refractivity (Wildman–Crippen MR) is 167 cm³/mol. The van der Waals surface area contributed by atoms with Crippen molar-refractivity contribution in [2.24, 2.45) is 0 Å². The smallest absolute Gasteiger partial charge is 0.355 e. The molecule has 0 atom stereocenters. The number of nitrogens with one attached hydrogen (secondary N) is 1. The van der Waals surface area contributed by atoms with Gasteiger partial charge in [0.25, 0.3) is 0 Å². The van der Waals surface area contributed by atoms with E-state index in [0.717, 1.165) is 44.6 Å². The summed E-state index contributed by atoms with van der Waals surface area (Å²) in [5.41, 5.74) is 8.31. The minimum absolute atomic E-state index is 0.198. The number of hydrogen-bond acceptors (Lipinski definition) is 3. The Bertz CT molecular complexity index is 1800. The van der Waals surface area contributed by atoms with Crippen molar-refractivity contribution in [1.82, 2.24) is 4.57 Å². The molecule has 1 heterocycles. The number of esters is 1. The Hall–Kier alpha value is -5.35. The fourth-order valence-corrected chi connectivity index (χ4v) is 6.19. The summed E-state index contributed by atoms with van der Waals surface area (Å²) in [5.74, 6) is -0.371. The number of nitrogens with zero attached hydrogens (tertiary/aromatic N) is 1. The van der Waals surface area contributed by atoms with Crippen LogP contribution in [0.25, 0.3) is 11.1 Å². The molecule has 0 aliphatic heterocycles. The summed E-state index contributed by atoms with van der Waals surface area (Å²) in [4.78, 5) is 14.0. The van der Waals surface area contributed by atoms with Crippen LogP contribution in [0.15, 0.2) is 152 Å². The van der Waals surface area contributed by atoms with Crippen LogP contribution in [0.5, 0.6) is 0 Å². The maximum absolute atomic E-state index is 14.0. The second kappa shape index (κ2) is 10.9. The lowest BCUT2D eigenvalue weighted by molar-refractivity contribution is 0.0457. The van der Waals surface area contributed by atoms with Crippen molar-refractivity contribution in [3.05, 3.63) is 185 Å². The van der Waals surface area contributed by atoms with E-state index >= 15 is 0 Å². The van der Waals surface area contributed by atoms with Gasteiger partial charge in [-0.2, -0.15) is 0 Å². The fraction of sp³-hybridized carbons (Fsp3) is 0.0789. The molecule has 1 aliphatic rings. The molecule has 0 fully saturated rings. The number of ether oxygens (including phenoxy) is 1. The van der Waals surface area contributed by atoms with E-state index in [-0.39, 0.29) is 12.6 Å². The van der Waals surface area contributed by atoms with Crippen molar-refractivity contribution in [2.75, 3.05) is 5.32 Å². The molecule has 0 saturated carbocycles. The van der Waals surface area contributed by atoms with Crippen LogP contribution in [-0.2, 0) is 23.4 Å². The third-order valence-corrected chi connectivity index (χ3v) is 8.06. The largest absolute Gasteiger partial charge is 0.456 e.